The van der Waals surface area contributed by atoms with Crippen LogP contribution in [-0.2, 0) is 10.0 Å². The van der Waals surface area contributed by atoms with E-state index in [0.29, 0.717) is 24.8 Å². The van der Waals surface area contributed by atoms with E-state index in [1.54, 1.807) is 0 Å². The lowest BCUT2D eigenvalue weighted by Gasteiger charge is -2.42. The van der Waals surface area contributed by atoms with Crippen LogP contribution in [0.2, 0.25) is 0 Å². The zero-order valence-electron chi connectivity index (χ0n) is 12.3. The summed E-state index contributed by atoms with van der Waals surface area (Å²) >= 11 is 0. The molecule has 1 aliphatic carbocycles. The quantitative estimate of drug-likeness (QED) is 0.790. The van der Waals surface area contributed by atoms with Crippen LogP contribution in [0.15, 0.2) is 0 Å². The Labute approximate surface area is 124 Å². The largest absolute Gasteiger partial charge is 0.329 e. The number of nitrogens with one attached hydrogen (secondary N) is 1. The van der Waals surface area contributed by atoms with Crippen molar-refractivity contribution in [2.24, 2.45) is 17.6 Å². The molecule has 0 amide bonds. The van der Waals surface area contributed by atoms with Crippen LogP contribution in [0.1, 0.15) is 52.9 Å². The molecule has 0 aliphatic heterocycles. The lowest BCUT2D eigenvalue weighted by Crippen LogP contribution is -2.59. The fourth-order valence-corrected chi connectivity index (χ4v) is 4.55. The molecule has 1 fully saturated rings. The summed E-state index contributed by atoms with van der Waals surface area (Å²) in [5.74, 6) is 0.934. The van der Waals surface area contributed by atoms with Crippen LogP contribution in [0.25, 0.3) is 0 Å². The molecule has 0 radical (unpaired) electrons. The highest BCUT2D eigenvalue weighted by Crippen LogP contribution is 2.33. The van der Waals surface area contributed by atoms with Gasteiger partial charge in [0.2, 0.25) is 10.0 Å². The Hall–Kier alpha value is 0.160. The minimum absolute atomic E-state index is 0. The van der Waals surface area contributed by atoms with Crippen molar-refractivity contribution in [2.45, 2.75) is 58.4 Å². The summed E-state index contributed by atoms with van der Waals surface area (Å²) in [5.41, 5.74) is 5.46. The Morgan fingerprint density at radius 2 is 2.00 bits per heavy atom. The second kappa shape index (κ2) is 7.81. The molecule has 1 rings (SSSR count). The molecule has 6 heteroatoms. The second-order valence-corrected chi connectivity index (χ2v) is 7.95. The molecule has 4 nitrogen and oxygen atoms in total. The zero-order valence-corrected chi connectivity index (χ0v) is 13.9. The van der Waals surface area contributed by atoms with Gasteiger partial charge in [-0.1, -0.05) is 33.6 Å². The van der Waals surface area contributed by atoms with Crippen molar-refractivity contribution in [3.05, 3.63) is 0 Å². The molecule has 0 aromatic carbocycles. The van der Waals surface area contributed by atoms with Gasteiger partial charge in [0.15, 0.2) is 0 Å². The van der Waals surface area contributed by atoms with E-state index >= 15 is 0 Å². The predicted octanol–water partition coefficient (Wildman–Crippen LogP) is 2.28. The van der Waals surface area contributed by atoms with Crippen LogP contribution in [0, 0.1) is 11.8 Å². The molecular formula is C13H29ClN2O2S. The van der Waals surface area contributed by atoms with Crippen LogP contribution < -0.4 is 10.5 Å². The minimum Gasteiger partial charge on any atom is -0.329 e. The molecule has 0 aromatic heterocycles. The molecule has 0 bridgehead atoms. The fourth-order valence-electron chi connectivity index (χ4n) is 2.66. The van der Waals surface area contributed by atoms with E-state index in [1.165, 1.54) is 6.42 Å². The summed E-state index contributed by atoms with van der Waals surface area (Å²) < 4.78 is 27.2. The summed E-state index contributed by atoms with van der Waals surface area (Å²) in [7, 11) is -3.21. The maximum absolute atomic E-state index is 12.1. The molecular weight excluding hydrogens is 284 g/mol. The van der Waals surface area contributed by atoms with E-state index in [0.717, 1.165) is 19.3 Å². The van der Waals surface area contributed by atoms with Crippen molar-refractivity contribution in [1.82, 2.24) is 4.72 Å². The average molecular weight is 313 g/mol. The van der Waals surface area contributed by atoms with Crippen LogP contribution in [0.5, 0.6) is 0 Å². The van der Waals surface area contributed by atoms with Crippen molar-refractivity contribution < 1.29 is 8.42 Å². The van der Waals surface area contributed by atoms with Crippen molar-refractivity contribution in [1.29, 1.82) is 0 Å². The van der Waals surface area contributed by atoms with E-state index in [4.69, 9.17) is 5.73 Å². The predicted molar refractivity (Wildman–Crippen MR) is 83.0 cm³/mol. The smallest absolute Gasteiger partial charge is 0.212 e. The zero-order chi connectivity index (χ0) is 13.8. The van der Waals surface area contributed by atoms with Gasteiger partial charge in [-0.15, -0.1) is 12.4 Å². The molecule has 3 N–H and O–H groups in total. The number of nitrogens with two attached hydrogens (primary N) is 1. The molecule has 1 saturated carbocycles. The highest BCUT2D eigenvalue weighted by atomic mass is 35.5. The van der Waals surface area contributed by atoms with Gasteiger partial charge < -0.3 is 5.73 Å². The third-order valence-electron chi connectivity index (χ3n) is 4.14. The SMILES string of the molecule is CC(C)CCS(=O)(=O)NC1(CN)CCCCC1C.Cl. The maximum atomic E-state index is 12.1. The first-order valence-electron chi connectivity index (χ1n) is 7.03. The van der Waals surface area contributed by atoms with E-state index in [-0.39, 0.29) is 18.2 Å². The van der Waals surface area contributed by atoms with Crippen molar-refractivity contribution in [3.8, 4) is 0 Å². The molecule has 116 valence electrons. The van der Waals surface area contributed by atoms with Crippen LogP contribution in [-0.4, -0.2) is 26.3 Å². The van der Waals surface area contributed by atoms with Crippen molar-refractivity contribution in [2.75, 3.05) is 12.3 Å². The van der Waals surface area contributed by atoms with Gasteiger partial charge in [-0.3, -0.25) is 0 Å². The normalized spacial score (nSPS) is 28.2. The van der Waals surface area contributed by atoms with Crippen LogP contribution in [0.4, 0.5) is 0 Å². The maximum Gasteiger partial charge on any atom is 0.212 e. The monoisotopic (exact) mass is 312 g/mol. The molecule has 2 unspecified atom stereocenters. The first-order chi connectivity index (χ1) is 8.31. The molecule has 2 atom stereocenters. The highest BCUT2D eigenvalue weighted by molar-refractivity contribution is 7.89. The molecule has 0 heterocycles. The Kier molecular flexibility index (Phi) is 7.88. The van der Waals surface area contributed by atoms with Gasteiger partial charge in [-0.2, -0.15) is 0 Å². The minimum atomic E-state index is -3.21. The first kappa shape index (κ1) is 19.2. The van der Waals surface area contributed by atoms with E-state index < -0.39 is 15.6 Å². The number of rotatable bonds is 6. The lowest BCUT2D eigenvalue weighted by molar-refractivity contribution is 0.191. The summed E-state index contributed by atoms with van der Waals surface area (Å²) in [4.78, 5) is 0. The van der Waals surface area contributed by atoms with Gasteiger partial charge in [-0.25, -0.2) is 13.1 Å². The third kappa shape index (κ3) is 5.58. The van der Waals surface area contributed by atoms with Gasteiger partial charge in [-0.05, 0) is 31.1 Å². The topological polar surface area (TPSA) is 72.2 Å². The Morgan fingerprint density at radius 1 is 1.37 bits per heavy atom. The van der Waals surface area contributed by atoms with Crippen molar-refractivity contribution in [3.63, 3.8) is 0 Å². The summed E-state index contributed by atoms with van der Waals surface area (Å²) in [6.07, 6.45) is 4.87. The van der Waals surface area contributed by atoms with Gasteiger partial charge in [0, 0.05) is 12.1 Å². The Morgan fingerprint density at radius 3 is 2.47 bits per heavy atom. The number of hydrogen-bond acceptors (Lipinski definition) is 3. The van der Waals surface area contributed by atoms with Crippen LogP contribution in [0.3, 0.4) is 0 Å². The van der Waals surface area contributed by atoms with Gasteiger partial charge in [0.25, 0.3) is 0 Å². The van der Waals surface area contributed by atoms with E-state index in [9.17, 15) is 8.42 Å². The Balaban J connectivity index is 0.00000324. The first-order valence-corrected chi connectivity index (χ1v) is 8.68. The fraction of sp³-hybridized carbons (Fsp3) is 1.00. The average Bonchev–Trinajstić information content (AvgIpc) is 2.30. The molecule has 0 saturated heterocycles. The van der Waals surface area contributed by atoms with Gasteiger partial charge in [0.1, 0.15) is 0 Å². The molecule has 1 aliphatic rings. The van der Waals surface area contributed by atoms with Crippen LogP contribution >= 0.6 is 12.4 Å². The summed E-state index contributed by atoms with van der Waals surface area (Å²) in [6, 6.07) is 0. The molecule has 0 spiro atoms. The molecule has 19 heavy (non-hydrogen) atoms. The van der Waals surface area contributed by atoms with E-state index in [2.05, 4.69) is 11.6 Å². The Bertz CT molecular complexity index is 360. The highest BCUT2D eigenvalue weighted by Gasteiger charge is 2.39. The summed E-state index contributed by atoms with van der Waals surface area (Å²) in [5, 5.41) is 0. The molecule has 0 aromatic rings. The second-order valence-electron chi connectivity index (χ2n) is 6.11. The standard InChI is InChI=1S/C13H28N2O2S.ClH/c1-11(2)7-9-18(16,17)15-13(10-14)8-5-4-6-12(13)3;/h11-12,15H,4-10,14H2,1-3H3;1H. The summed E-state index contributed by atoms with van der Waals surface area (Å²) in [6.45, 7) is 6.58. The number of sulfonamides is 1. The van der Waals surface area contributed by atoms with E-state index in [1.807, 2.05) is 13.8 Å². The van der Waals surface area contributed by atoms with Gasteiger partial charge in [0.05, 0.1) is 5.75 Å². The lowest BCUT2D eigenvalue weighted by atomic mass is 9.74. The number of halogens is 1. The number of hydrogen-bond donors (Lipinski definition) is 2. The third-order valence-corrected chi connectivity index (χ3v) is 5.63. The van der Waals surface area contributed by atoms with Crippen molar-refractivity contribution >= 4 is 22.4 Å². The van der Waals surface area contributed by atoms with Gasteiger partial charge >= 0.3 is 0 Å².